The number of hydrogen-bond acceptors (Lipinski definition) is 11. The number of benzene rings is 1. The topological polar surface area (TPSA) is 226 Å². The maximum atomic E-state index is 14.0. The van der Waals surface area contributed by atoms with E-state index in [2.05, 4.69) is 15.6 Å². The summed E-state index contributed by atoms with van der Waals surface area (Å²) < 4.78 is 35.1. The fourth-order valence-corrected chi connectivity index (χ4v) is 7.76. The fourth-order valence-electron chi connectivity index (χ4n) is 6.44. The number of amides is 4. The molecule has 5 N–H and O–H groups in total. The van der Waals surface area contributed by atoms with E-state index in [4.69, 9.17) is 24.3 Å². The van der Waals surface area contributed by atoms with E-state index in [0.717, 1.165) is 19.3 Å². The molecule has 0 bridgehead atoms. The van der Waals surface area contributed by atoms with Crippen molar-refractivity contribution >= 4 is 54.1 Å². The molecule has 2 fully saturated rings. The number of aromatic nitrogens is 1. The molecule has 2 aliphatic rings. The molecule has 1 aromatic carbocycles. The van der Waals surface area contributed by atoms with E-state index in [1.54, 1.807) is 77.6 Å². The molecule has 4 unspecified atom stereocenters. The quantitative estimate of drug-likeness (QED) is 0.109. The standard InChI is InChI=1S/C38H56N5O11P/c1-23(12-17-31(39)44)40-33(46)30-16-14-26-10-8-9-11-28(34(47)43(26)30)42-32(45)29-19-25-18-24(13-15-27(25)41-29)20-55(50,53-21-51-35(48)37(2,3)4)54-22-52-36(49)38(5,6)7/h13,15,18-19,23,26,28,30,41H,8-12,14,16-17,20-22H2,1-7H3,(H2,39,44)(H,40,46)(H,42,45). The molecule has 2 aliphatic heterocycles. The molecule has 3 heterocycles. The first-order chi connectivity index (χ1) is 25.7. The van der Waals surface area contributed by atoms with E-state index in [9.17, 15) is 33.3 Å². The minimum Gasteiger partial charge on any atom is -0.438 e. The lowest BCUT2D eigenvalue weighted by Gasteiger charge is -2.35. The minimum atomic E-state index is -4.06. The second-order valence-electron chi connectivity index (χ2n) is 16.4. The maximum Gasteiger partial charge on any atom is 0.340 e. The molecule has 1 aromatic heterocycles. The van der Waals surface area contributed by atoms with E-state index < -0.39 is 67.8 Å². The molecule has 2 aromatic rings. The van der Waals surface area contributed by atoms with Gasteiger partial charge in [-0.25, -0.2) is 0 Å². The Kier molecular flexibility index (Phi) is 14.3. The SMILES string of the molecule is CC(CCC(N)=O)NC(=O)C1CCC2CCCCC(NC(=O)c3cc4cc(CP(=O)(OCOC(=O)C(C)(C)C)OCOC(=O)C(C)(C)C)ccc4[nH]3)C(=O)N21. The van der Waals surface area contributed by atoms with Crippen molar-refractivity contribution in [3.63, 3.8) is 0 Å². The second-order valence-corrected chi connectivity index (χ2v) is 18.5. The van der Waals surface area contributed by atoms with Crippen LogP contribution < -0.4 is 16.4 Å². The molecule has 2 saturated heterocycles. The van der Waals surface area contributed by atoms with Gasteiger partial charge in [0, 0.05) is 29.4 Å². The molecule has 4 atom stereocenters. The molecule has 55 heavy (non-hydrogen) atoms. The second kappa shape index (κ2) is 18.1. The van der Waals surface area contributed by atoms with Crippen molar-refractivity contribution in [1.29, 1.82) is 0 Å². The van der Waals surface area contributed by atoms with E-state index in [0.29, 0.717) is 42.1 Å². The third kappa shape index (κ3) is 12.1. The number of nitrogens with two attached hydrogens (primary N) is 1. The maximum absolute atomic E-state index is 14.0. The zero-order valence-electron chi connectivity index (χ0n) is 32.9. The Morgan fingerprint density at radius 3 is 2.15 bits per heavy atom. The Morgan fingerprint density at radius 1 is 0.927 bits per heavy atom. The zero-order valence-corrected chi connectivity index (χ0v) is 33.8. The first-order valence-corrected chi connectivity index (χ1v) is 20.5. The molecule has 0 saturated carbocycles. The monoisotopic (exact) mass is 789 g/mol. The van der Waals surface area contributed by atoms with Gasteiger partial charge in [0.15, 0.2) is 0 Å². The van der Waals surface area contributed by atoms with Gasteiger partial charge in [-0.05, 0) is 104 Å². The Bertz CT molecular complexity index is 1760. The van der Waals surface area contributed by atoms with Crippen LogP contribution in [0.3, 0.4) is 0 Å². The summed E-state index contributed by atoms with van der Waals surface area (Å²) in [4.78, 5) is 81.4. The third-order valence-electron chi connectivity index (χ3n) is 9.57. The highest BCUT2D eigenvalue weighted by Crippen LogP contribution is 2.52. The molecular formula is C38H56N5O11P. The summed E-state index contributed by atoms with van der Waals surface area (Å²) >= 11 is 0. The number of primary amides is 1. The first-order valence-electron chi connectivity index (χ1n) is 18.7. The van der Waals surface area contributed by atoms with E-state index in [-0.39, 0.29) is 42.2 Å². The molecule has 17 heteroatoms. The number of carbonyl (C=O) groups is 6. The van der Waals surface area contributed by atoms with Crippen LogP contribution in [-0.4, -0.2) is 83.2 Å². The van der Waals surface area contributed by atoms with Crippen LogP contribution >= 0.6 is 7.60 Å². The summed E-state index contributed by atoms with van der Waals surface area (Å²) in [5, 5.41) is 6.40. The summed E-state index contributed by atoms with van der Waals surface area (Å²) in [6, 6.07) is 4.69. The van der Waals surface area contributed by atoms with Crippen LogP contribution in [0.15, 0.2) is 24.3 Å². The van der Waals surface area contributed by atoms with Crippen molar-refractivity contribution in [2.45, 2.75) is 130 Å². The van der Waals surface area contributed by atoms with Crippen molar-refractivity contribution < 1.29 is 51.9 Å². The number of hydrogen-bond donors (Lipinski definition) is 4. The molecule has 0 spiro atoms. The predicted octanol–water partition coefficient (Wildman–Crippen LogP) is 4.79. The molecule has 4 rings (SSSR count). The number of fused-ring (bicyclic) bond motifs is 2. The number of nitrogens with zero attached hydrogens (tertiary/aromatic N) is 1. The Hall–Kier alpha value is -4.27. The van der Waals surface area contributed by atoms with Gasteiger partial charge in [0.1, 0.15) is 17.8 Å². The third-order valence-corrected chi connectivity index (χ3v) is 11.3. The highest BCUT2D eigenvalue weighted by Gasteiger charge is 2.44. The van der Waals surface area contributed by atoms with Crippen molar-refractivity contribution in [3.05, 3.63) is 35.5 Å². The summed E-state index contributed by atoms with van der Waals surface area (Å²) in [5.74, 6) is -2.71. The lowest BCUT2D eigenvalue weighted by atomic mass is 9.98. The van der Waals surface area contributed by atoms with Gasteiger partial charge in [0.05, 0.1) is 17.0 Å². The number of aromatic amines is 1. The smallest absolute Gasteiger partial charge is 0.340 e. The number of carbonyl (C=O) groups excluding carboxylic acids is 6. The number of rotatable bonds is 15. The highest BCUT2D eigenvalue weighted by atomic mass is 31.2. The van der Waals surface area contributed by atoms with Crippen LogP contribution in [0.25, 0.3) is 10.9 Å². The van der Waals surface area contributed by atoms with Crippen molar-refractivity contribution in [2.24, 2.45) is 16.6 Å². The highest BCUT2D eigenvalue weighted by molar-refractivity contribution is 7.53. The van der Waals surface area contributed by atoms with Gasteiger partial charge in [-0.15, -0.1) is 0 Å². The molecule has 4 amide bonds. The zero-order chi connectivity index (χ0) is 40.7. The minimum absolute atomic E-state index is 0.115. The van der Waals surface area contributed by atoms with Crippen LogP contribution in [0.5, 0.6) is 0 Å². The molecule has 0 aliphatic carbocycles. The normalized spacial score (nSPS) is 19.9. The summed E-state index contributed by atoms with van der Waals surface area (Å²) in [6.45, 7) is 10.4. The summed E-state index contributed by atoms with van der Waals surface area (Å²) in [5.41, 5.74) is 4.88. The summed E-state index contributed by atoms with van der Waals surface area (Å²) in [6.07, 6.45) is 4.18. The van der Waals surface area contributed by atoms with E-state index in [1.807, 2.05) is 0 Å². The van der Waals surface area contributed by atoms with Gasteiger partial charge in [-0.2, -0.15) is 0 Å². The van der Waals surface area contributed by atoms with Gasteiger partial charge in [-0.3, -0.25) is 42.4 Å². The van der Waals surface area contributed by atoms with Crippen molar-refractivity contribution in [2.75, 3.05) is 13.6 Å². The Labute approximate surface area is 321 Å². The number of ether oxygens (including phenoxy) is 2. The average Bonchev–Trinajstić information content (AvgIpc) is 3.71. The van der Waals surface area contributed by atoms with Crippen LogP contribution in [0.1, 0.15) is 116 Å². The van der Waals surface area contributed by atoms with Crippen LogP contribution in [0.4, 0.5) is 0 Å². The lowest BCUT2D eigenvalue weighted by molar-refractivity contribution is -0.162. The van der Waals surface area contributed by atoms with Gasteiger partial charge in [-0.1, -0.05) is 18.9 Å². The van der Waals surface area contributed by atoms with Crippen LogP contribution in [0.2, 0.25) is 0 Å². The average molecular weight is 790 g/mol. The molecular weight excluding hydrogens is 733 g/mol. The van der Waals surface area contributed by atoms with Gasteiger partial charge >= 0.3 is 19.5 Å². The van der Waals surface area contributed by atoms with Gasteiger partial charge in [0.2, 0.25) is 31.3 Å². The summed E-state index contributed by atoms with van der Waals surface area (Å²) in [7, 11) is -4.06. The number of H-pyrrole nitrogens is 1. The van der Waals surface area contributed by atoms with Crippen LogP contribution in [-0.2, 0) is 53.2 Å². The predicted molar refractivity (Wildman–Crippen MR) is 202 cm³/mol. The first kappa shape index (κ1) is 43.5. The van der Waals surface area contributed by atoms with Crippen molar-refractivity contribution in [1.82, 2.24) is 20.5 Å². The fraction of sp³-hybridized carbons (Fsp3) is 0.632. The van der Waals surface area contributed by atoms with E-state index in [1.165, 1.54) is 0 Å². The Morgan fingerprint density at radius 2 is 1.55 bits per heavy atom. The molecule has 0 radical (unpaired) electrons. The largest absolute Gasteiger partial charge is 0.438 e. The van der Waals surface area contributed by atoms with Gasteiger partial charge < -0.3 is 35.7 Å². The number of esters is 2. The molecule has 16 nitrogen and oxygen atoms in total. The van der Waals surface area contributed by atoms with Crippen LogP contribution in [0, 0.1) is 10.8 Å². The van der Waals surface area contributed by atoms with Crippen molar-refractivity contribution in [3.8, 4) is 0 Å². The molecule has 304 valence electrons. The Balaban J connectivity index is 1.46. The van der Waals surface area contributed by atoms with E-state index >= 15 is 0 Å². The number of nitrogens with one attached hydrogen (secondary N) is 3. The van der Waals surface area contributed by atoms with Gasteiger partial charge in [0.25, 0.3) is 5.91 Å². The lowest BCUT2D eigenvalue weighted by Crippen LogP contribution is -2.57.